The molecule has 5 heteroatoms. The lowest BCUT2D eigenvalue weighted by Crippen LogP contribution is -2.43. The summed E-state index contributed by atoms with van der Waals surface area (Å²) in [5.41, 5.74) is 3.71. The normalized spacial score (nSPS) is 19.0. The summed E-state index contributed by atoms with van der Waals surface area (Å²) in [7, 11) is 0. The molecule has 1 aliphatic carbocycles. The number of carbonyl (C=O) groups excluding carboxylic acids is 1. The maximum absolute atomic E-state index is 13.1. The van der Waals surface area contributed by atoms with E-state index in [0.717, 1.165) is 47.0 Å². The van der Waals surface area contributed by atoms with Gasteiger partial charge >= 0.3 is 0 Å². The second kappa shape index (κ2) is 8.42. The average molecular weight is 404 g/mol. The molecule has 1 saturated carbocycles. The van der Waals surface area contributed by atoms with Crippen LogP contribution in [0.25, 0.3) is 22.0 Å². The number of rotatable bonds is 4. The van der Waals surface area contributed by atoms with Crippen molar-refractivity contribution in [3.8, 4) is 11.3 Å². The third-order valence-electron chi connectivity index (χ3n) is 6.27. The van der Waals surface area contributed by atoms with Gasteiger partial charge in [0.05, 0.1) is 11.1 Å². The molecular weight excluding hydrogens is 374 g/mol. The summed E-state index contributed by atoms with van der Waals surface area (Å²) in [5, 5.41) is 9.20. The summed E-state index contributed by atoms with van der Waals surface area (Å²) in [6.07, 6.45) is 4.50. The smallest absolute Gasteiger partial charge is 0.275 e. The minimum absolute atomic E-state index is 0.0647. The van der Waals surface area contributed by atoms with Gasteiger partial charge in [0.15, 0.2) is 0 Å². The largest absolute Gasteiger partial charge is 0.351 e. The van der Waals surface area contributed by atoms with Gasteiger partial charge in [-0.1, -0.05) is 55.7 Å². The number of aromatic nitrogens is 2. The first-order chi connectivity index (χ1) is 14.4. The Morgan fingerprint density at radius 2 is 1.83 bits per heavy atom. The molecule has 2 aromatic carbocycles. The van der Waals surface area contributed by atoms with Gasteiger partial charge in [-0.05, 0) is 50.3 Å². The first-order valence-electron chi connectivity index (χ1n) is 10.8. The zero-order valence-corrected chi connectivity index (χ0v) is 17.9. The van der Waals surface area contributed by atoms with Crippen LogP contribution in [0.5, 0.6) is 0 Å². The Balaban J connectivity index is 1.73. The Bertz CT molecular complexity index is 1150. The molecule has 3 aromatic rings. The van der Waals surface area contributed by atoms with Crippen LogP contribution >= 0.6 is 0 Å². The van der Waals surface area contributed by atoms with Crippen LogP contribution in [0.15, 0.2) is 47.3 Å². The molecule has 0 aliphatic heterocycles. The van der Waals surface area contributed by atoms with Crippen LogP contribution in [-0.2, 0) is 11.3 Å². The highest BCUT2D eigenvalue weighted by molar-refractivity contribution is 5.94. The van der Waals surface area contributed by atoms with E-state index in [1.54, 1.807) is 0 Å². The molecule has 156 valence electrons. The van der Waals surface area contributed by atoms with Crippen molar-refractivity contribution in [1.82, 2.24) is 15.1 Å². The number of amides is 1. The fourth-order valence-corrected chi connectivity index (χ4v) is 4.45. The van der Waals surface area contributed by atoms with Crippen LogP contribution in [0.1, 0.15) is 43.7 Å². The third-order valence-corrected chi connectivity index (χ3v) is 6.27. The van der Waals surface area contributed by atoms with E-state index in [1.807, 2.05) is 38.1 Å². The van der Waals surface area contributed by atoms with E-state index >= 15 is 0 Å². The summed E-state index contributed by atoms with van der Waals surface area (Å²) in [4.78, 5) is 25.8. The van der Waals surface area contributed by atoms with Crippen LogP contribution in [0.2, 0.25) is 0 Å². The van der Waals surface area contributed by atoms with Crippen molar-refractivity contribution >= 4 is 16.7 Å². The second-order valence-electron chi connectivity index (χ2n) is 8.61. The van der Waals surface area contributed by atoms with Crippen molar-refractivity contribution in [2.24, 2.45) is 5.92 Å². The fourth-order valence-electron chi connectivity index (χ4n) is 4.45. The number of benzene rings is 2. The lowest BCUT2D eigenvalue weighted by atomic mass is 9.86. The highest BCUT2D eigenvalue weighted by Crippen LogP contribution is 2.28. The van der Waals surface area contributed by atoms with Crippen LogP contribution in [0.3, 0.4) is 0 Å². The first kappa shape index (κ1) is 20.3. The second-order valence-corrected chi connectivity index (χ2v) is 8.61. The van der Waals surface area contributed by atoms with E-state index in [2.05, 4.69) is 35.5 Å². The highest BCUT2D eigenvalue weighted by atomic mass is 16.2. The molecule has 0 radical (unpaired) electrons. The van der Waals surface area contributed by atoms with Crippen LogP contribution < -0.4 is 10.9 Å². The Morgan fingerprint density at radius 1 is 1.10 bits per heavy atom. The van der Waals surface area contributed by atoms with E-state index in [1.165, 1.54) is 11.1 Å². The van der Waals surface area contributed by atoms with E-state index in [-0.39, 0.29) is 24.1 Å². The minimum atomic E-state index is -0.230. The van der Waals surface area contributed by atoms with Gasteiger partial charge in [-0.25, -0.2) is 4.68 Å². The summed E-state index contributed by atoms with van der Waals surface area (Å²) in [6.45, 7) is 6.20. The highest BCUT2D eigenvalue weighted by Gasteiger charge is 2.23. The predicted octanol–water partition coefficient (Wildman–Crippen LogP) is 4.38. The minimum Gasteiger partial charge on any atom is -0.351 e. The Kier molecular flexibility index (Phi) is 5.71. The lowest BCUT2D eigenvalue weighted by Gasteiger charge is -2.29. The number of carbonyl (C=O) groups is 1. The molecule has 1 heterocycles. The van der Waals surface area contributed by atoms with Crippen molar-refractivity contribution in [1.29, 1.82) is 0 Å². The Morgan fingerprint density at radius 3 is 2.60 bits per heavy atom. The SMILES string of the molecule is Cc1ccc(C)c(-c2nn(CC(=O)N[C@H]3CCCC[C@H]3C)c(=O)c3ccccc23)c1. The van der Waals surface area contributed by atoms with E-state index in [4.69, 9.17) is 0 Å². The van der Waals surface area contributed by atoms with Gasteiger partial charge in [-0.15, -0.1) is 0 Å². The number of fused-ring (bicyclic) bond motifs is 1. The third kappa shape index (κ3) is 4.02. The molecule has 0 spiro atoms. The van der Waals surface area contributed by atoms with Gasteiger partial charge < -0.3 is 5.32 Å². The number of hydrogen-bond donors (Lipinski definition) is 1. The molecule has 1 fully saturated rings. The van der Waals surface area contributed by atoms with Gasteiger partial charge in [0.2, 0.25) is 5.91 Å². The average Bonchev–Trinajstić information content (AvgIpc) is 2.74. The lowest BCUT2D eigenvalue weighted by molar-refractivity contribution is -0.123. The van der Waals surface area contributed by atoms with E-state index < -0.39 is 0 Å². The van der Waals surface area contributed by atoms with Gasteiger partial charge in [-0.3, -0.25) is 9.59 Å². The van der Waals surface area contributed by atoms with E-state index in [9.17, 15) is 9.59 Å². The molecular formula is C25H29N3O2. The molecule has 5 nitrogen and oxygen atoms in total. The first-order valence-corrected chi connectivity index (χ1v) is 10.8. The van der Waals surface area contributed by atoms with Gasteiger partial charge in [0.1, 0.15) is 6.54 Å². The zero-order chi connectivity index (χ0) is 21.3. The van der Waals surface area contributed by atoms with Crippen molar-refractivity contribution in [2.75, 3.05) is 0 Å². The number of nitrogens with one attached hydrogen (secondary N) is 1. The standard InChI is InChI=1S/C25H29N3O2/c1-16-12-13-17(2)21(14-16)24-19-9-5-6-10-20(19)25(30)28(27-24)15-23(29)26-22-11-7-4-8-18(22)3/h5-6,9-10,12-14,18,22H,4,7-8,11,15H2,1-3H3,(H,26,29)/t18-,22+/m1/s1. The monoisotopic (exact) mass is 403 g/mol. The van der Waals surface area contributed by atoms with E-state index in [0.29, 0.717) is 11.3 Å². The topological polar surface area (TPSA) is 64.0 Å². The Hall–Kier alpha value is -2.95. The van der Waals surface area contributed by atoms with Gasteiger partial charge in [0.25, 0.3) is 5.56 Å². The predicted molar refractivity (Wildman–Crippen MR) is 120 cm³/mol. The molecule has 0 unspecified atom stereocenters. The molecule has 1 aromatic heterocycles. The summed E-state index contributed by atoms with van der Waals surface area (Å²) in [6, 6.07) is 13.9. The molecule has 4 rings (SSSR count). The molecule has 0 bridgehead atoms. The summed E-state index contributed by atoms with van der Waals surface area (Å²) >= 11 is 0. The quantitative estimate of drug-likeness (QED) is 0.703. The summed E-state index contributed by atoms with van der Waals surface area (Å²) < 4.78 is 1.32. The van der Waals surface area contributed by atoms with Crippen LogP contribution in [-0.4, -0.2) is 21.7 Å². The fraction of sp³-hybridized carbons (Fsp3) is 0.400. The van der Waals surface area contributed by atoms with Crippen LogP contribution in [0.4, 0.5) is 0 Å². The molecule has 1 amide bonds. The maximum Gasteiger partial charge on any atom is 0.275 e. The summed E-state index contributed by atoms with van der Waals surface area (Å²) in [5.74, 6) is 0.319. The molecule has 1 aliphatic rings. The van der Waals surface area contributed by atoms with Crippen molar-refractivity contribution < 1.29 is 4.79 Å². The zero-order valence-electron chi connectivity index (χ0n) is 17.9. The number of nitrogens with zero attached hydrogens (tertiary/aromatic N) is 2. The molecule has 0 saturated heterocycles. The van der Waals surface area contributed by atoms with Crippen molar-refractivity contribution in [3.63, 3.8) is 0 Å². The number of aryl methyl sites for hydroxylation is 2. The van der Waals surface area contributed by atoms with Gasteiger partial charge in [-0.2, -0.15) is 5.10 Å². The Labute approximate surface area is 177 Å². The van der Waals surface area contributed by atoms with Crippen molar-refractivity contribution in [2.45, 2.75) is 59.0 Å². The molecule has 30 heavy (non-hydrogen) atoms. The van der Waals surface area contributed by atoms with Gasteiger partial charge in [0, 0.05) is 17.0 Å². The van der Waals surface area contributed by atoms with Crippen molar-refractivity contribution in [3.05, 3.63) is 63.9 Å². The van der Waals surface area contributed by atoms with Crippen LogP contribution in [0, 0.1) is 19.8 Å². The molecule has 2 atom stereocenters. The number of hydrogen-bond acceptors (Lipinski definition) is 3. The molecule has 1 N–H and O–H groups in total. The maximum atomic E-state index is 13.1.